The Balaban J connectivity index is 0.00000256. The Hall–Kier alpha value is 0.591. The summed E-state index contributed by atoms with van der Waals surface area (Å²) in [4.78, 5) is 0. The average molecular weight is 302 g/mol. The topological polar surface area (TPSA) is 9.23 Å². The van der Waals surface area contributed by atoms with Gasteiger partial charge >= 0.3 is 64.7 Å². The van der Waals surface area contributed by atoms with Crippen molar-refractivity contribution in [3.63, 3.8) is 0 Å². The van der Waals surface area contributed by atoms with E-state index in [-0.39, 0.29) is 51.4 Å². The molecule has 0 aliphatic heterocycles. The first-order valence-corrected chi connectivity index (χ1v) is 4.22. The number of alkyl halides is 3. The van der Waals surface area contributed by atoms with E-state index in [0.29, 0.717) is 18.2 Å². The zero-order chi connectivity index (χ0) is 12.6. The van der Waals surface area contributed by atoms with E-state index in [0.717, 1.165) is 0 Å². The van der Waals surface area contributed by atoms with E-state index >= 15 is 0 Å². The molecule has 0 saturated heterocycles. The van der Waals surface area contributed by atoms with Crippen LogP contribution in [0.25, 0.3) is 0 Å². The summed E-state index contributed by atoms with van der Waals surface area (Å²) in [6.45, 7) is -5.35. The van der Waals surface area contributed by atoms with Gasteiger partial charge in [-0.25, -0.2) is 0 Å². The van der Waals surface area contributed by atoms with Crippen LogP contribution in [0.2, 0.25) is 5.02 Å². The third-order valence-electron chi connectivity index (χ3n) is 1.56. The Labute approximate surface area is 140 Å². The van der Waals surface area contributed by atoms with Gasteiger partial charge in [0.15, 0.2) is 0 Å². The second-order valence-corrected chi connectivity index (χ2v) is 3.21. The van der Waals surface area contributed by atoms with Crippen LogP contribution in [0.1, 0.15) is 0 Å². The largest absolute Gasteiger partial charge is 1.00 e. The van der Waals surface area contributed by atoms with Crippen LogP contribution in [0.3, 0.4) is 0 Å². The van der Waals surface area contributed by atoms with Gasteiger partial charge in [-0.1, -0.05) is 23.1 Å². The maximum Gasteiger partial charge on any atom is 1.00 e. The molecule has 0 unspecified atom stereocenters. The molecule has 0 heterocycles. The van der Waals surface area contributed by atoms with Crippen LogP contribution in [0, 0.1) is 0 Å². The minimum absolute atomic E-state index is 0. The molecule has 0 aliphatic carbocycles. The Bertz CT molecular complexity index is 393. The number of rotatable bonds is 2. The van der Waals surface area contributed by atoms with E-state index in [1.54, 1.807) is 0 Å². The van der Waals surface area contributed by atoms with Gasteiger partial charge in [0.25, 0.3) is 0 Å². The summed E-state index contributed by atoms with van der Waals surface area (Å²) in [5, 5.41) is -0.825. The van der Waals surface area contributed by atoms with Crippen LogP contribution < -0.4 is 61.6 Å². The third kappa shape index (κ3) is 5.84. The molecule has 1 nitrogen and oxygen atoms in total. The molecule has 90 valence electrons. The number of hydrogen-bond acceptors (Lipinski definition) is 1. The number of hydrogen-bond donors (Lipinski definition) is 0. The van der Waals surface area contributed by atoms with Crippen molar-refractivity contribution in [3.05, 3.63) is 23.2 Å². The average Bonchev–Trinajstić information content (AvgIpc) is 1.97. The second-order valence-electron chi connectivity index (χ2n) is 2.81. The molecule has 0 spiro atoms. The van der Waals surface area contributed by atoms with Crippen molar-refractivity contribution < 1.29 is 82.2 Å². The zero-order valence-corrected chi connectivity index (χ0v) is 12.2. The summed E-state index contributed by atoms with van der Waals surface area (Å²) >= 11 is 5.19. The summed E-state index contributed by atoms with van der Waals surface area (Å²) in [5.74, 6) is -0.790. The van der Waals surface area contributed by atoms with Gasteiger partial charge in [-0.15, -0.1) is 13.2 Å². The van der Waals surface area contributed by atoms with Gasteiger partial charge in [-0.3, -0.25) is 0 Å². The fourth-order valence-corrected chi connectivity index (χ4v) is 1.26. The SMILES string of the molecule is F[B-](F)(F)c1ccc(OC(F)(F)F)cc1Cl.[K+]. The molecule has 1 aromatic carbocycles. The van der Waals surface area contributed by atoms with Gasteiger partial charge in [0.2, 0.25) is 0 Å². The molecule has 0 amide bonds. The van der Waals surface area contributed by atoms with Crippen molar-refractivity contribution in [2.24, 2.45) is 0 Å². The van der Waals surface area contributed by atoms with Crippen LogP contribution in [-0.2, 0) is 0 Å². The molecule has 0 radical (unpaired) electrons. The molecule has 10 heteroatoms. The van der Waals surface area contributed by atoms with E-state index in [4.69, 9.17) is 11.6 Å². The molecule has 0 fully saturated rings. The predicted octanol–water partition coefficient (Wildman–Crippen LogP) is 0.297. The predicted molar refractivity (Wildman–Crippen MR) is 46.8 cm³/mol. The summed E-state index contributed by atoms with van der Waals surface area (Å²) in [6, 6.07) is 1.48. The normalized spacial score (nSPS) is 11.9. The first-order chi connectivity index (χ1) is 7.09. The van der Waals surface area contributed by atoms with E-state index in [9.17, 15) is 26.1 Å². The molecule has 1 rings (SSSR count). The first kappa shape index (κ1) is 17.6. The maximum absolute atomic E-state index is 12.2. The molecular formula is C7H3BClF6KO. The van der Waals surface area contributed by atoms with Crippen LogP contribution in [0.5, 0.6) is 5.75 Å². The quantitative estimate of drug-likeness (QED) is 0.564. The van der Waals surface area contributed by atoms with Crippen molar-refractivity contribution >= 4 is 24.0 Å². The molecule has 1 aromatic rings. The summed E-state index contributed by atoms with van der Waals surface area (Å²) in [6.07, 6.45) is -4.96. The second kappa shape index (κ2) is 6.16. The van der Waals surface area contributed by atoms with Crippen LogP contribution >= 0.6 is 11.6 Å². The van der Waals surface area contributed by atoms with Crippen LogP contribution in [0.15, 0.2) is 18.2 Å². The monoisotopic (exact) mass is 302 g/mol. The van der Waals surface area contributed by atoms with Crippen molar-refractivity contribution in [3.8, 4) is 5.75 Å². The standard InChI is InChI=1S/C7H3BClF6O.K/c9-6-3-4(16-7(10,11)12)1-2-5(6)8(13,14)15;/h1-3H;/q-1;+1. The molecule has 0 saturated carbocycles. The van der Waals surface area contributed by atoms with Gasteiger partial charge in [0, 0.05) is 5.02 Å². The maximum atomic E-state index is 12.2. The first-order valence-electron chi connectivity index (χ1n) is 3.85. The number of benzene rings is 1. The van der Waals surface area contributed by atoms with E-state index in [1.165, 1.54) is 0 Å². The molecule has 0 N–H and O–H groups in total. The van der Waals surface area contributed by atoms with Crippen molar-refractivity contribution in [1.29, 1.82) is 0 Å². The Morgan fingerprint density at radius 3 is 2.00 bits per heavy atom. The van der Waals surface area contributed by atoms with Crippen LogP contribution in [-0.4, -0.2) is 13.3 Å². The van der Waals surface area contributed by atoms with Gasteiger partial charge in [-0.2, -0.15) is 0 Å². The third-order valence-corrected chi connectivity index (χ3v) is 1.89. The van der Waals surface area contributed by atoms with Crippen LogP contribution in [0.4, 0.5) is 26.1 Å². The van der Waals surface area contributed by atoms with E-state index in [2.05, 4.69) is 4.74 Å². The molecular weight excluding hydrogens is 299 g/mol. The van der Waals surface area contributed by atoms with Crippen molar-refractivity contribution in [2.75, 3.05) is 0 Å². The van der Waals surface area contributed by atoms with E-state index in [1.807, 2.05) is 0 Å². The Morgan fingerprint density at radius 2 is 1.65 bits per heavy atom. The number of halogens is 7. The summed E-state index contributed by atoms with van der Waals surface area (Å²) in [7, 11) is 0. The van der Waals surface area contributed by atoms with Gasteiger partial charge in [0.05, 0.1) is 0 Å². The minimum atomic E-state index is -5.35. The Morgan fingerprint density at radius 1 is 1.12 bits per heavy atom. The molecule has 17 heavy (non-hydrogen) atoms. The summed E-state index contributed by atoms with van der Waals surface area (Å²) < 4.78 is 75.3. The van der Waals surface area contributed by atoms with Crippen molar-refractivity contribution in [2.45, 2.75) is 6.36 Å². The van der Waals surface area contributed by atoms with Gasteiger partial charge in [0.1, 0.15) is 5.75 Å². The fraction of sp³-hybridized carbons (Fsp3) is 0.143. The Kier molecular flexibility index (Phi) is 6.37. The smallest absolute Gasteiger partial charge is 0.445 e. The van der Waals surface area contributed by atoms with E-state index < -0.39 is 29.6 Å². The zero-order valence-electron chi connectivity index (χ0n) is 8.36. The molecule has 0 aromatic heterocycles. The fourth-order valence-electron chi connectivity index (χ4n) is 0.970. The minimum Gasteiger partial charge on any atom is -0.445 e. The number of ether oxygens (including phenoxy) is 1. The molecule has 0 bridgehead atoms. The van der Waals surface area contributed by atoms with Crippen molar-refractivity contribution in [1.82, 2.24) is 0 Å². The van der Waals surface area contributed by atoms with Gasteiger partial charge in [-0.05, 0) is 12.1 Å². The summed E-state index contributed by atoms with van der Waals surface area (Å²) in [5.41, 5.74) is -1.16. The van der Waals surface area contributed by atoms with Gasteiger partial charge < -0.3 is 17.7 Å². The molecule has 0 aliphatic rings. The molecule has 0 atom stereocenters.